The van der Waals surface area contributed by atoms with Crippen molar-refractivity contribution in [3.8, 4) is 11.5 Å². The number of amides is 2. The molecular weight excluding hydrogens is 398 g/mol. The zero-order valence-corrected chi connectivity index (χ0v) is 17.7. The normalized spacial score (nSPS) is 14.7. The molecule has 8 nitrogen and oxygen atoms in total. The number of aliphatic hydroxyl groups excluding tert-OH is 1. The molecule has 1 fully saturated rings. The summed E-state index contributed by atoms with van der Waals surface area (Å²) in [4.78, 5) is 13.7. The summed E-state index contributed by atoms with van der Waals surface area (Å²) < 4.78 is 16.6. The first kappa shape index (κ1) is 22.9. The molecule has 0 unspecified atom stereocenters. The molecule has 0 aliphatic carbocycles. The fraction of sp³-hybridized carbons (Fsp3) is 0.435. The van der Waals surface area contributed by atoms with Crippen molar-refractivity contribution in [1.82, 2.24) is 15.5 Å². The standard InChI is InChI=1S/C23H31N3O5/c27-20(16-24-10-11-25-23(28)26-12-14-29-15-13-26)18-31-22-8-6-21(7-9-22)30-17-19-4-2-1-3-5-19/h1-9,20,24,27H,10-18H2,(H,25,28)/t20-/m0/s1. The molecule has 1 atom stereocenters. The monoisotopic (exact) mass is 429 g/mol. The molecule has 3 N–H and O–H groups in total. The molecule has 0 aromatic heterocycles. The highest BCUT2D eigenvalue weighted by Gasteiger charge is 2.15. The molecule has 1 aliphatic rings. The number of hydrogen-bond acceptors (Lipinski definition) is 6. The highest BCUT2D eigenvalue weighted by Crippen LogP contribution is 2.18. The molecule has 8 heteroatoms. The fourth-order valence-electron chi connectivity index (χ4n) is 3.03. The van der Waals surface area contributed by atoms with Crippen molar-refractivity contribution >= 4 is 6.03 Å². The minimum Gasteiger partial charge on any atom is -0.491 e. The first-order valence-electron chi connectivity index (χ1n) is 10.6. The van der Waals surface area contributed by atoms with Crippen LogP contribution in [0.3, 0.4) is 0 Å². The maximum atomic E-state index is 11.9. The van der Waals surface area contributed by atoms with Gasteiger partial charge in [0.1, 0.15) is 30.8 Å². The molecule has 0 bridgehead atoms. The van der Waals surface area contributed by atoms with Gasteiger partial charge in [-0.15, -0.1) is 0 Å². The van der Waals surface area contributed by atoms with Gasteiger partial charge in [0.2, 0.25) is 0 Å². The van der Waals surface area contributed by atoms with E-state index in [0.717, 1.165) is 11.3 Å². The van der Waals surface area contributed by atoms with Gasteiger partial charge in [-0.25, -0.2) is 4.79 Å². The van der Waals surface area contributed by atoms with Crippen LogP contribution in [0.4, 0.5) is 4.79 Å². The number of benzene rings is 2. The van der Waals surface area contributed by atoms with Crippen LogP contribution in [-0.4, -0.2) is 74.7 Å². The smallest absolute Gasteiger partial charge is 0.317 e. The van der Waals surface area contributed by atoms with E-state index in [4.69, 9.17) is 14.2 Å². The molecule has 2 aromatic carbocycles. The molecule has 168 valence electrons. The Bertz CT molecular complexity index is 767. The summed E-state index contributed by atoms with van der Waals surface area (Å²) in [6.45, 7) is 4.55. The Balaban J connectivity index is 1.24. The Kier molecular flexibility index (Phi) is 9.43. The Labute approximate surface area is 183 Å². The van der Waals surface area contributed by atoms with Gasteiger partial charge in [0, 0.05) is 32.7 Å². The third-order valence-corrected chi connectivity index (χ3v) is 4.77. The molecule has 31 heavy (non-hydrogen) atoms. The van der Waals surface area contributed by atoms with E-state index < -0.39 is 6.10 Å². The van der Waals surface area contributed by atoms with E-state index in [2.05, 4.69) is 10.6 Å². The second-order valence-electron chi connectivity index (χ2n) is 7.25. The van der Waals surface area contributed by atoms with Crippen LogP contribution in [0.1, 0.15) is 5.56 Å². The van der Waals surface area contributed by atoms with E-state index in [0.29, 0.717) is 58.3 Å². The van der Waals surface area contributed by atoms with Crippen LogP contribution in [-0.2, 0) is 11.3 Å². The van der Waals surface area contributed by atoms with Crippen molar-refractivity contribution in [2.75, 3.05) is 52.5 Å². The van der Waals surface area contributed by atoms with Crippen LogP contribution >= 0.6 is 0 Å². The summed E-state index contributed by atoms with van der Waals surface area (Å²) in [6, 6.07) is 17.2. The van der Waals surface area contributed by atoms with Gasteiger partial charge in [-0.1, -0.05) is 30.3 Å². The number of nitrogens with one attached hydrogen (secondary N) is 2. The molecule has 2 aromatic rings. The third-order valence-electron chi connectivity index (χ3n) is 4.77. The van der Waals surface area contributed by atoms with Crippen molar-refractivity contribution in [1.29, 1.82) is 0 Å². The van der Waals surface area contributed by atoms with Crippen LogP contribution in [0.2, 0.25) is 0 Å². The van der Waals surface area contributed by atoms with Gasteiger partial charge in [0.05, 0.1) is 13.2 Å². The Morgan fingerprint density at radius 2 is 1.68 bits per heavy atom. The predicted molar refractivity (Wildman–Crippen MR) is 117 cm³/mol. The predicted octanol–water partition coefficient (Wildman–Crippen LogP) is 1.64. The Morgan fingerprint density at radius 1 is 1.00 bits per heavy atom. The highest BCUT2D eigenvalue weighted by atomic mass is 16.5. The lowest BCUT2D eigenvalue weighted by Crippen LogP contribution is -2.47. The quantitative estimate of drug-likeness (QED) is 0.471. The van der Waals surface area contributed by atoms with Crippen LogP contribution in [0, 0.1) is 0 Å². The Morgan fingerprint density at radius 3 is 2.39 bits per heavy atom. The number of nitrogens with zero attached hydrogens (tertiary/aromatic N) is 1. The molecule has 1 aliphatic heterocycles. The van der Waals surface area contributed by atoms with Crippen molar-refractivity contribution in [2.24, 2.45) is 0 Å². The average Bonchev–Trinajstić information content (AvgIpc) is 2.83. The van der Waals surface area contributed by atoms with Gasteiger partial charge >= 0.3 is 6.03 Å². The Hall–Kier alpha value is -2.81. The minimum absolute atomic E-state index is 0.0785. The minimum atomic E-state index is -0.649. The number of aliphatic hydroxyl groups is 1. The summed E-state index contributed by atoms with van der Waals surface area (Å²) in [7, 11) is 0. The maximum Gasteiger partial charge on any atom is 0.317 e. The van der Waals surface area contributed by atoms with Crippen LogP contribution in [0.15, 0.2) is 54.6 Å². The fourth-order valence-corrected chi connectivity index (χ4v) is 3.03. The SMILES string of the molecule is O=C(NCCNC[C@H](O)COc1ccc(OCc2ccccc2)cc1)N1CCOCC1. The zero-order chi connectivity index (χ0) is 21.7. The van der Waals surface area contributed by atoms with E-state index >= 15 is 0 Å². The van der Waals surface area contributed by atoms with Gasteiger partial charge in [0.25, 0.3) is 0 Å². The van der Waals surface area contributed by atoms with E-state index in [1.54, 1.807) is 4.90 Å². The maximum absolute atomic E-state index is 11.9. The molecule has 1 saturated heterocycles. The lowest BCUT2D eigenvalue weighted by molar-refractivity contribution is 0.0532. The van der Waals surface area contributed by atoms with Gasteiger partial charge in [-0.2, -0.15) is 0 Å². The van der Waals surface area contributed by atoms with E-state index in [1.807, 2.05) is 54.6 Å². The van der Waals surface area contributed by atoms with Gasteiger partial charge in [0.15, 0.2) is 0 Å². The molecule has 2 amide bonds. The average molecular weight is 430 g/mol. The third kappa shape index (κ3) is 8.45. The number of hydrogen-bond donors (Lipinski definition) is 3. The van der Waals surface area contributed by atoms with Crippen molar-refractivity contribution in [2.45, 2.75) is 12.7 Å². The van der Waals surface area contributed by atoms with Crippen LogP contribution < -0.4 is 20.1 Å². The summed E-state index contributed by atoms with van der Waals surface area (Å²) >= 11 is 0. The number of rotatable bonds is 11. The zero-order valence-electron chi connectivity index (χ0n) is 17.7. The van der Waals surface area contributed by atoms with Crippen molar-refractivity contribution in [3.63, 3.8) is 0 Å². The van der Waals surface area contributed by atoms with Crippen molar-refractivity contribution in [3.05, 3.63) is 60.2 Å². The summed E-state index contributed by atoms with van der Waals surface area (Å²) in [5.41, 5.74) is 1.11. The lowest BCUT2D eigenvalue weighted by Gasteiger charge is -2.27. The van der Waals surface area contributed by atoms with E-state index in [9.17, 15) is 9.90 Å². The number of morpholine rings is 1. The summed E-state index contributed by atoms with van der Waals surface area (Å²) in [6.07, 6.45) is -0.649. The second-order valence-corrected chi connectivity index (χ2v) is 7.25. The molecule has 0 radical (unpaired) electrons. The van der Waals surface area contributed by atoms with Crippen molar-refractivity contribution < 1.29 is 24.1 Å². The molecule has 1 heterocycles. The molecule has 3 rings (SSSR count). The van der Waals surface area contributed by atoms with E-state index in [1.165, 1.54) is 0 Å². The largest absolute Gasteiger partial charge is 0.491 e. The van der Waals surface area contributed by atoms with E-state index in [-0.39, 0.29) is 12.6 Å². The lowest BCUT2D eigenvalue weighted by atomic mass is 10.2. The first-order chi connectivity index (χ1) is 15.2. The first-order valence-corrected chi connectivity index (χ1v) is 10.6. The second kappa shape index (κ2) is 12.8. The van der Waals surface area contributed by atoms with Gasteiger partial charge in [-0.05, 0) is 29.8 Å². The highest BCUT2D eigenvalue weighted by molar-refractivity contribution is 5.74. The topological polar surface area (TPSA) is 92.3 Å². The summed E-state index contributed by atoms with van der Waals surface area (Å²) in [5, 5.41) is 16.0. The number of carbonyl (C=O) groups excluding carboxylic acids is 1. The number of ether oxygens (including phenoxy) is 3. The summed E-state index contributed by atoms with van der Waals surface area (Å²) in [5.74, 6) is 1.43. The number of carbonyl (C=O) groups is 1. The molecule has 0 saturated carbocycles. The van der Waals surface area contributed by atoms with Crippen LogP contribution in [0.5, 0.6) is 11.5 Å². The molecular formula is C23H31N3O5. The molecule has 0 spiro atoms. The van der Waals surface area contributed by atoms with Gasteiger partial charge < -0.3 is 34.9 Å². The van der Waals surface area contributed by atoms with Crippen LogP contribution in [0.25, 0.3) is 0 Å². The van der Waals surface area contributed by atoms with Gasteiger partial charge in [-0.3, -0.25) is 0 Å². The number of urea groups is 1.